The Kier molecular flexibility index (Phi) is 4.09. The lowest BCUT2D eigenvalue weighted by atomic mass is 10.3. The third kappa shape index (κ3) is 4.29. The zero-order chi connectivity index (χ0) is 13.0. The Labute approximate surface area is 110 Å². The van der Waals surface area contributed by atoms with Gasteiger partial charge in [-0.25, -0.2) is 4.79 Å². The van der Waals surface area contributed by atoms with Gasteiger partial charge in [-0.2, -0.15) is 0 Å². The van der Waals surface area contributed by atoms with Crippen LogP contribution in [0.15, 0.2) is 29.2 Å². The van der Waals surface area contributed by atoms with Crippen LogP contribution < -0.4 is 16.4 Å². The lowest BCUT2D eigenvalue weighted by Crippen LogP contribution is -2.41. The number of nitrogens with two attached hydrogens (primary N) is 1. The predicted octanol–water partition coefficient (Wildman–Crippen LogP) is 1.35. The normalized spacial score (nSPS) is 14.0. The standard InChI is InChI=1S/C12H15N3O2S/c13-8-2-1-3-10(6-8)18-7-11(16)15-12(17)14-9-4-5-9/h1-3,6,9H,4-5,7,13H2,(H2,14,15,16,17). The summed E-state index contributed by atoms with van der Waals surface area (Å²) in [6.45, 7) is 0. The van der Waals surface area contributed by atoms with Crippen LogP contribution in [0.1, 0.15) is 12.8 Å². The van der Waals surface area contributed by atoms with Gasteiger partial charge in [0.15, 0.2) is 0 Å². The minimum Gasteiger partial charge on any atom is -0.399 e. The van der Waals surface area contributed by atoms with Gasteiger partial charge in [-0.3, -0.25) is 10.1 Å². The van der Waals surface area contributed by atoms with E-state index in [0.717, 1.165) is 17.7 Å². The Bertz CT molecular complexity index is 460. The van der Waals surface area contributed by atoms with Crippen molar-refractivity contribution >= 4 is 29.4 Å². The number of urea groups is 1. The molecule has 1 aliphatic carbocycles. The van der Waals surface area contributed by atoms with Crippen LogP contribution in [0.25, 0.3) is 0 Å². The van der Waals surface area contributed by atoms with Gasteiger partial charge in [-0.1, -0.05) is 6.07 Å². The van der Waals surface area contributed by atoms with Crippen LogP contribution in [0.4, 0.5) is 10.5 Å². The van der Waals surface area contributed by atoms with Crippen molar-refractivity contribution in [1.29, 1.82) is 0 Å². The number of rotatable bonds is 4. The fourth-order valence-corrected chi connectivity index (χ4v) is 2.13. The van der Waals surface area contributed by atoms with E-state index in [-0.39, 0.29) is 17.7 Å². The minimum atomic E-state index is -0.407. The van der Waals surface area contributed by atoms with Crippen LogP contribution in [0.3, 0.4) is 0 Å². The first kappa shape index (κ1) is 12.8. The minimum absolute atomic E-state index is 0.196. The molecule has 0 unspecified atom stereocenters. The molecule has 18 heavy (non-hydrogen) atoms. The molecule has 0 aromatic heterocycles. The summed E-state index contributed by atoms with van der Waals surface area (Å²) in [5.41, 5.74) is 6.29. The molecule has 0 bridgehead atoms. The fraction of sp³-hybridized carbons (Fsp3) is 0.333. The highest BCUT2D eigenvalue weighted by Gasteiger charge is 2.23. The maximum absolute atomic E-state index is 11.5. The topological polar surface area (TPSA) is 84.2 Å². The van der Waals surface area contributed by atoms with Crippen LogP contribution >= 0.6 is 11.8 Å². The number of nitrogen functional groups attached to an aromatic ring is 1. The number of thioether (sulfide) groups is 1. The summed E-state index contributed by atoms with van der Waals surface area (Å²) in [5.74, 6) is -0.109. The Morgan fingerprint density at radius 3 is 2.83 bits per heavy atom. The number of carbonyl (C=O) groups is 2. The molecule has 1 aliphatic rings. The number of hydrogen-bond donors (Lipinski definition) is 3. The molecule has 1 saturated carbocycles. The molecule has 6 heteroatoms. The average molecular weight is 265 g/mol. The molecule has 4 N–H and O–H groups in total. The molecule has 2 rings (SSSR count). The van der Waals surface area contributed by atoms with E-state index in [0.29, 0.717) is 5.69 Å². The summed E-state index contributed by atoms with van der Waals surface area (Å²) in [6.07, 6.45) is 2.00. The van der Waals surface area contributed by atoms with Crippen molar-refractivity contribution in [2.75, 3.05) is 11.5 Å². The summed E-state index contributed by atoms with van der Waals surface area (Å²) in [7, 11) is 0. The molecule has 96 valence electrons. The van der Waals surface area contributed by atoms with Gasteiger partial charge in [-0.15, -0.1) is 11.8 Å². The largest absolute Gasteiger partial charge is 0.399 e. The van der Waals surface area contributed by atoms with E-state index in [9.17, 15) is 9.59 Å². The van der Waals surface area contributed by atoms with Crippen molar-refractivity contribution in [2.24, 2.45) is 0 Å². The summed E-state index contributed by atoms with van der Waals surface area (Å²) < 4.78 is 0. The van der Waals surface area contributed by atoms with Crippen LogP contribution in [0.5, 0.6) is 0 Å². The molecule has 1 aromatic carbocycles. The van der Waals surface area contributed by atoms with Gasteiger partial charge >= 0.3 is 6.03 Å². The molecule has 3 amide bonds. The third-order valence-electron chi connectivity index (χ3n) is 2.39. The molecule has 1 aromatic rings. The monoisotopic (exact) mass is 265 g/mol. The number of benzene rings is 1. The molecular weight excluding hydrogens is 250 g/mol. The van der Waals surface area contributed by atoms with E-state index >= 15 is 0 Å². The second kappa shape index (κ2) is 5.77. The van der Waals surface area contributed by atoms with E-state index < -0.39 is 6.03 Å². The van der Waals surface area contributed by atoms with Crippen molar-refractivity contribution in [1.82, 2.24) is 10.6 Å². The number of nitrogens with one attached hydrogen (secondary N) is 2. The summed E-state index contributed by atoms with van der Waals surface area (Å²) in [5, 5.41) is 4.99. The number of imide groups is 1. The van der Waals surface area contributed by atoms with Gasteiger partial charge in [0, 0.05) is 16.6 Å². The van der Waals surface area contributed by atoms with Crippen molar-refractivity contribution in [3.8, 4) is 0 Å². The summed E-state index contributed by atoms with van der Waals surface area (Å²) in [6, 6.07) is 7.12. The maximum atomic E-state index is 11.5. The van der Waals surface area contributed by atoms with Gasteiger partial charge < -0.3 is 11.1 Å². The quantitative estimate of drug-likeness (QED) is 0.567. The van der Waals surface area contributed by atoms with Gasteiger partial charge in [0.2, 0.25) is 5.91 Å². The number of hydrogen-bond acceptors (Lipinski definition) is 4. The van der Waals surface area contributed by atoms with Crippen LogP contribution in [-0.2, 0) is 4.79 Å². The first-order valence-electron chi connectivity index (χ1n) is 5.72. The van der Waals surface area contributed by atoms with Gasteiger partial charge in [-0.05, 0) is 31.0 Å². The Hall–Kier alpha value is -1.69. The van der Waals surface area contributed by atoms with Crippen molar-refractivity contribution in [2.45, 2.75) is 23.8 Å². The van der Waals surface area contributed by atoms with E-state index in [1.807, 2.05) is 12.1 Å². The number of amides is 3. The van der Waals surface area contributed by atoms with Gasteiger partial charge in [0.25, 0.3) is 0 Å². The molecule has 0 atom stereocenters. The second-order valence-corrected chi connectivity index (χ2v) is 5.21. The molecule has 1 fully saturated rings. The smallest absolute Gasteiger partial charge is 0.321 e. The van der Waals surface area contributed by atoms with Gasteiger partial charge in [0.05, 0.1) is 5.75 Å². The molecule has 0 saturated heterocycles. The third-order valence-corrected chi connectivity index (χ3v) is 3.39. The highest BCUT2D eigenvalue weighted by molar-refractivity contribution is 8.00. The zero-order valence-corrected chi connectivity index (χ0v) is 10.6. The lowest BCUT2D eigenvalue weighted by molar-refractivity contribution is -0.117. The molecule has 0 heterocycles. The molecule has 0 aliphatic heterocycles. The second-order valence-electron chi connectivity index (χ2n) is 4.16. The maximum Gasteiger partial charge on any atom is 0.321 e. The highest BCUT2D eigenvalue weighted by Crippen LogP contribution is 2.20. The van der Waals surface area contributed by atoms with E-state index in [1.54, 1.807) is 12.1 Å². The molecule has 0 radical (unpaired) electrons. The van der Waals surface area contributed by atoms with Crippen LogP contribution in [0.2, 0.25) is 0 Å². The summed E-state index contributed by atoms with van der Waals surface area (Å²) >= 11 is 1.35. The Balaban J connectivity index is 1.72. The number of carbonyl (C=O) groups excluding carboxylic acids is 2. The van der Waals surface area contributed by atoms with Crippen molar-refractivity contribution < 1.29 is 9.59 Å². The molecule has 5 nitrogen and oxygen atoms in total. The lowest BCUT2D eigenvalue weighted by Gasteiger charge is -2.05. The van der Waals surface area contributed by atoms with E-state index in [4.69, 9.17) is 5.73 Å². The molecule has 0 spiro atoms. The first-order chi connectivity index (χ1) is 8.63. The summed E-state index contributed by atoms with van der Waals surface area (Å²) in [4.78, 5) is 23.7. The predicted molar refractivity (Wildman–Crippen MR) is 71.3 cm³/mol. The van der Waals surface area contributed by atoms with Crippen LogP contribution in [0, 0.1) is 0 Å². The van der Waals surface area contributed by atoms with E-state index in [2.05, 4.69) is 10.6 Å². The van der Waals surface area contributed by atoms with Crippen molar-refractivity contribution in [3.05, 3.63) is 24.3 Å². The Morgan fingerprint density at radius 1 is 1.39 bits per heavy atom. The zero-order valence-electron chi connectivity index (χ0n) is 9.81. The van der Waals surface area contributed by atoms with E-state index in [1.165, 1.54) is 11.8 Å². The molecular formula is C12H15N3O2S. The van der Waals surface area contributed by atoms with Crippen molar-refractivity contribution in [3.63, 3.8) is 0 Å². The van der Waals surface area contributed by atoms with Gasteiger partial charge in [0.1, 0.15) is 0 Å². The SMILES string of the molecule is Nc1cccc(SCC(=O)NC(=O)NC2CC2)c1. The highest BCUT2D eigenvalue weighted by atomic mass is 32.2. The van der Waals surface area contributed by atoms with Crippen LogP contribution in [-0.4, -0.2) is 23.7 Å². The average Bonchev–Trinajstić information content (AvgIpc) is 3.10. The Morgan fingerprint density at radius 2 is 2.17 bits per heavy atom. The number of anilines is 1. The fourth-order valence-electron chi connectivity index (χ4n) is 1.37. The first-order valence-corrected chi connectivity index (χ1v) is 6.71.